The second kappa shape index (κ2) is 9.28. The number of amides is 4. The molecule has 2 N–H and O–H groups in total. The largest absolute Gasteiger partial charge is 0.466 e. The van der Waals surface area contributed by atoms with Crippen molar-refractivity contribution in [3.05, 3.63) is 47.0 Å². The molecule has 1 fully saturated rings. The van der Waals surface area contributed by atoms with Crippen LogP contribution < -0.4 is 10.6 Å². The number of ether oxygens (including phenoxy) is 1. The van der Waals surface area contributed by atoms with Gasteiger partial charge in [-0.1, -0.05) is 30.3 Å². The number of urea groups is 1. The Kier molecular flexibility index (Phi) is 6.55. The van der Waals surface area contributed by atoms with Crippen LogP contribution in [0.4, 0.5) is 9.93 Å². The highest BCUT2D eigenvalue weighted by Crippen LogP contribution is 2.18. The molecule has 2 heterocycles. The van der Waals surface area contributed by atoms with Gasteiger partial charge in [0.2, 0.25) is 5.91 Å². The SMILES string of the molecule is CCOC(=O)Cc1csc(NC(=O)C[C@@H]2NC(=O)N(Cc3ccccc3)C2=O)n1. The van der Waals surface area contributed by atoms with Crippen molar-refractivity contribution in [1.29, 1.82) is 0 Å². The van der Waals surface area contributed by atoms with Crippen molar-refractivity contribution in [1.82, 2.24) is 15.2 Å². The number of thiazole rings is 1. The minimum Gasteiger partial charge on any atom is -0.466 e. The highest BCUT2D eigenvalue weighted by atomic mass is 32.1. The Bertz CT molecular complexity index is 914. The highest BCUT2D eigenvalue weighted by Gasteiger charge is 2.39. The lowest BCUT2D eigenvalue weighted by Crippen LogP contribution is -2.34. The second-order valence-corrected chi connectivity index (χ2v) is 7.15. The number of rotatable bonds is 8. The third-order valence-corrected chi connectivity index (χ3v) is 4.92. The Labute approximate surface area is 171 Å². The van der Waals surface area contributed by atoms with E-state index >= 15 is 0 Å². The minimum atomic E-state index is -0.926. The Morgan fingerprint density at radius 3 is 2.76 bits per heavy atom. The van der Waals surface area contributed by atoms with Crippen molar-refractivity contribution in [2.75, 3.05) is 11.9 Å². The number of carbonyl (C=O) groups is 4. The van der Waals surface area contributed by atoms with Crippen LogP contribution in [0.1, 0.15) is 24.6 Å². The first-order valence-electron chi connectivity index (χ1n) is 9.02. The van der Waals surface area contributed by atoms with Gasteiger partial charge >= 0.3 is 12.0 Å². The first-order valence-corrected chi connectivity index (χ1v) is 9.90. The average molecular weight is 416 g/mol. The van der Waals surface area contributed by atoms with E-state index in [9.17, 15) is 19.2 Å². The van der Waals surface area contributed by atoms with E-state index in [1.807, 2.05) is 30.3 Å². The van der Waals surface area contributed by atoms with Crippen LogP contribution in [0.25, 0.3) is 0 Å². The van der Waals surface area contributed by atoms with Gasteiger partial charge in [-0.05, 0) is 12.5 Å². The Hall–Kier alpha value is -3.27. The first kappa shape index (κ1) is 20.5. The molecule has 1 atom stereocenters. The molecule has 1 aliphatic rings. The third-order valence-electron chi connectivity index (χ3n) is 4.11. The normalized spacial score (nSPS) is 15.9. The van der Waals surface area contributed by atoms with Crippen LogP contribution in [-0.4, -0.2) is 46.3 Å². The summed E-state index contributed by atoms with van der Waals surface area (Å²) in [4.78, 5) is 53.6. The van der Waals surface area contributed by atoms with Crippen LogP contribution in [0.2, 0.25) is 0 Å². The summed E-state index contributed by atoms with van der Waals surface area (Å²) in [7, 11) is 0. The molecule has 2 aromatic rings. The number of nitrogens with one attached hydrogen (secondary N) is 2. The lowest BCUT2D eigenvalue weighted by atomic mass is 10.2. The van der Waals surface area contributed by atoms with Gasteiger partial charge in [-0.2, -0.15) is 0 Å². The molecule has 1 saturated heterocycles. The van der Waals surface area contributed by atoms with Gasteiger partial charge in [0.1, 0.15) is 6.04 Å². The molecule has 0 saturated carbocycles. The molecule has 9 nitrogen and oxygen atoms in total. The quantitative estimate of drug-likeness (QED) is 0.500. The molecule has 0 unspecified atom stereocenters. The molecule has 3 rings (SSSR count). The van der Waals surface area contributed by atoms with Crippen LogP contribution in [0.5, 0.6) is 0 Å². The molecule has 152 valence electrons. The fourth-order valence-corrected chi connectivity index (χ4v) is 3.52. The third kappa shape index (κ3) is 5.38. The van der Waals surface area contributed by atoms with Gasteiger partial charge in [-0.15, -0.1) is 11.3 Å². The molecule has 1 aromatic carbocycles. The molecule has 4 amide bonds. The number of nitrogens with zero attached hydrogens (tertiary/aromatic N) is 2. The van der Waals surface area contributed by atoms with Gasteiger partial charge in [-0.25, -0.2) is 9.78 Å². The molecule has 0 spiro atoms. The van der Waals surface area contributed by atoms with Gasteiger partial charge in [0, 0.05) is 5.38 Å². The predicted molar refractivity (Wildman–Crippen MR) is 105 cm³/mol. The van der Waals surface area contributed by atoms with E-state index in [-0.39, 0.29) is 26.0 Å². The molecule has 10 heteroatoms. The molecule has 1 aromatic heterocycles. The molecular formula is C19H20N4O5S. The number of imide groups is 1. The number of anilines is 1. The van der Waals surface area contributed by atoms with Crippen molar-refractivity contribution < 1.29 is 23.9 Å². The Morgan fingerprint density at radius 1 is 1.28 bits per heavy atom. The topological polar surface area (TPSA) is 118 Å². The summed E-state index contributed by atoms with van der Waals surface area (Å²) in [6.45, 7) is 2.15. The molecule has 0 aliphatic carbocycles. The van der Waals surface area contributed by atoms with Crippen LogP contribution in [0.15, 0.2) is 35.7 Å². The van der Waals surface area contributed by atoms with Crippen molar-refractivity contribution in [3.63, 3.8) is 0 Å². The minimum absolute atomic E-state index is 0.0197. The van der Waals surface area contributed by atoms with Crippen molar-refractivity contribution in [2.24, 2.45) is 0 Å². The summed E-state index contributed by atoms with van der Waals surface area (Å²) in [6.07, 6.45) is -0.186. The lowest BCUT2D eigenvalue weighted by Gasteiger charge is -2.12. The van der Waals surface area contributed by atoms with Gasteiger partial charge in [0.05, 0.1) is 31.7 Å². The summed E-state index contributed by atoms with van der Waals surface area (Å²) >= 11 is 1.17. The summed E-state index contributed by atoms with van der Waals surface area (Å²) in [6, 6.07) is 7.67. The van der Waals surface area contributed by atoms with Crippen LogP contribution >= 0.6 is 11.3 Å². The monoisotopic (exact) mass is 416 g/mol. The van der Waals surface area contributed by atoms with E-state index in [1.54, 1.807) is 12.3 Å². The smallest absolute Gasteiger partial charge is 0.325 e. The van der Waals surface area contributed by atoms with E-state index in [4.69, 9.17) is 4.74 Å². The van der Waals surface area contributed by atoms with Gasteiger partial charge < -0.3 is 15.4 Å². The van der Waals surface area contributed by atoms with Crippen LogP contribution in [-0.2, 0) is 32.1 Å². The molecule has 1 aliphatic heterocycles. The maximum absolute atomic E-state index is 12.5. The van der Waals surface area contributed by atoms with E-state index in [2.05, 4.69) is 15.6 Å². The zero-order valence-corrected chi connectivity index (χ0v) is 16.5. The number of hydrogen-bond donors (Lipinski definition) is 2. The van der Waals surface area contributed by atoms with Crippen LogP contribution in [0, 0.1) is 0 Å². The summed E-state index contributed by atoms with van der Waals surface area (Å²) in [5.74, 6) is -1.30. The number of hydrogen-bond acceptors (Lipinski definition) is 7. The second-order valence-electron chi connectivity index (χ2n) is 6.29. The van der Waals surface area contributed by atoms with E-state index < -0.39 is 29.9 Å². The Balaban J connectivity index is 1.53. The standard InChI is InChI=1S/C19H20N4O5S/c1-2-28-16(25)8-13-11-29-18(20-13)22-15(24)9-14-17(26)23(19(27)21-14)10-12-6-4-3-5-7-12/h3-7,11,14H,2,8-10H2,1H3,(H,21,27)(H,20,22,24)/t14-/m0/s1. The van der Waals surface area contributed by atoms with Crippen LogP contribution in [0.3, 0.4) is 0 Å². The lowest BCUT2D eigenvalue weighted by molar-refractivity contribution is -0.142. The average Bonchev–Trinajstić information content (AvgIpc) is 3.22. The molecular weight excluding hydrogens is 396 g/mol. The number of carbonyl (C=O) groups excluding carboxylic acids is 4. The predicted octanol–water partition coefficient (Wildman–Crippen LogP) is 1.70. The Morgan fingerprint density at radius 2 is 2.03 bits per heavy atom. The molecule has 29 heavy (non-hydrogen) atoms. The van der Waals surface area contributed by atoms with Crippen molar-refractivity contribution in [2.45, 2.75) is 32.4 Å². The molecule has 0 radical (unpaired) electrons. The van der Waals surface area contributed by atoms with Crippen molar-refractivity contribution >= 4 is 40.3 Å². The zero-order chi connectivity index (χ0) is 20.8. The van der Waals surface area contributed by atoms with E-state index in [1.165, 1.54) is 11.3 Å². The summed E-state index contributed by atoms with van der Waals surface area (Å²) in [5.41, 5.74) is 1.31. The summed E-state index contributed by atoms with van der Waals surface area (Å²) in [5, 5.41) is 7.08. The van der Waals surface area contributed by atoms with Crippen molar-refractivity contribution in [3.8, 4) is 0 Å². The number of benzene rings is 1. The number of esters is 1. The van der Waals surface area contributed by atoms with Gasteiger partial charge in [0.15, 0.2) is 5.13 Å². The van der Waals surface area contributed by atoms with Gasteiger partial charge in [0.25, 0.3) is 5.91 Å². The summed E-state index contributed by atoms with van der Waals surface area (Å²) < 4.78 is 4.86. The maximum Gasteiger partial charge on any atom is 0.325 e. The maximum atomic E-state index is 12.5. The fraction of sp³-hybridized carbons (Fsp3) is 0.316. The van der Waals surface area contributed by atoms with Gasteiger partial charge in [-0.3, -0.25) is 19.3 Å². The fourth-order valence-electron chi connectivity index (χ4n) is 2.79. The molecule has 0 bridgehead atoms. The number of aromatic nitrogens is 1. The first-order chi connectivity index (χ1) is 14.0. The highest BCUT2D eigenvalue weighted by molar-refractivity contribution is 7.13. The zero-order valence-electron chi connectivity index (χ0n) is 15.7. The van der Waals surface area contributed by atoms with E-state index in [0.29, 0.717) is 10.8 Å². The van der Waals surface area contributed by atoms with E-state index in [0.717, 1.165) is 10.5 Å².